The Labute approximate surface area is 128 Å². The van der Waals surface area contributed by atoms with Gasteiger partial charge in [-0.2, -0.15) is 0 Å². The molecule has 0 aliphatic carbocycles. The van der Waals surface area contributed by atoms with Crippen LogP contribution in [0, 0.1) is 0 Å². The molecule has 120 valence electrons. The lowest BCUT2D eigenvalue weighted by Crippen LogP contribution is -2.35. The van der Waals surface area contributed by atoms with E-state index in [1.807, 2.05) is 32.0 Å². The van der Waals surface area contributed by atoms with Crippen LogP contribution in [0.5, 0.6) is 11.5 Å². The van der Waals surface area contributed by atoms with Crippen LogP contribution in [-0.2, 0) is 5.41 Å². The molecule has 1 aromatic carbocycles. The van der Waals surface area contributed by atoms with E-state index in [0.717, 1.165) is 17.1 Å². The summed E-state index contributed by atoms with van der Waals surface area (Å²) in [6.45, 7) is 11.3. The molecule has 0 unspecified atom stereocenters. The van der Waals surface area contributed by atoms with Gasteiger partial charge < -0.3 is 19.9 Å². The van der Waals surface area contributed by atoms with Gasteiger partial charge in [-0.15, -0.1) is 0 Å². The molecule has 0 saturated heterocycles. The van der Waals surface area contributed by atoms with E-state index in [9.17, 15) is 5.11 Å². The highest BCUT2D eigenvalue weighted by Gasteiger charge is 2.19. The van der Waals surface area contributed by atoms with E-state index in [-0.39, 0.29) is 12.0 Å². The van der Waals surface area contributed by atoms with Crippen LogP contribution in [-0.4, -0.2) is 37.5 Å². The molecule has 0 bridgehead atoms. The lowest BCUT2D eigenvalue weighted by molar-refractivity contribution is 0.104. The third kappa shape index (κ3) is 5.94. The lowest BCUT2D eigenvalue weighted by atomic mass is 9.86. The molecule has 0 heterocycles. The average molecular weight is 295 g/mol. The second-order valence-electron chi connectivity index (χ2n) is 6.64. The Morgan fingerprint density at radius 2 is 1.90 bits per heavy atom. The van der Waals surface area contributed by atoms with E-state index in [1.165, 1.54) is 0 Å². The van der Waals surface area contributed by atoms with Gasteiger partial charge in [0.1, 0.15) is 24.2 Å². The molecule has 4 heteroatoms. The summed E-state index contributed by atoms with van der Waals surface area (Å²) >= 11 is 0. The van der Waals surface area contributed by atoms with Crippen molar-refractivity contribution in [3.05, 3.63) is 23.8 Å². The molecule has 0 amide bonds. The summed E-state index contributed by atoms with van der Waals surface area (Å²) in [5.74, 6) is 1.61. The monoisotopic (exact) mass is 295 g/mol. The first-order valence-electron chi connectivity index (χ1n) is 7.46. The minimum Gasteiger partial charge on any atom is -0.496 e. The van der Waals surface area contributed by atoms with Crippen molar-refractivity contribution < 1.29 is 14.6 Å². The summed E-state index contributed by atoms with van der Waals surface area (Å²) in [6, 6.07) is 6.13. The van der Waals surface area contributed by atoms with E-state index in [1.54, 1.807) is 7.11 Å². The third-order valence-corrected chi connectivity index (χ3v) is 3.18. The summed E-state index contributed by atoms with van der Waals surface area (Å²) in [5.41, 5.74) is 1.07. The lowest BCUT2D eigenvalue weighted by Gasteiger charge is -2.23. The van der Waals surface area contributed by atoms with E-state index in [4.69, 9.17) is 9.47 Å². The number of aliphatic hydroxyl groups excluding tert-OH is 1. The van der Waals surface area contributed by atoms with Crippen LogP contribution in [0.1, 0.15) is 40.2 Å². The fourth-order valence-corrected chi connectivity index (χ4v) is 1.99. The smallest absolute Gasteiger partial charge is 0.122 e. The maximum atomic E-state index is 9.88. The van der Waals surface area contributed by atoms with Gasteiger partial charge in [-0.05, 0) is 23.6 Å². The number of rotatable bonds is 7. The summed E-state index contributed by atoms with van der Waals surface area (Å²) in [7, 11) is 1.67. The Morgan fingerprint density at radius 1 is 1.24 bits per heavy atom. The van der Waals surface area contributed by atoms with E-state index >= 15 is 0 Å². The molecule has 21 heavy (non-hydrogen) atoms. The Bertz CT molecular complexity index is 438. The Morgan fingerprint density at radius 3 is 2.43 bits per heavy atom. The van der Waals surface area contributed by atoms with Gasteiger partial charge >= 0.3 is 0 Å². The number of hydrogen-bond acceptors (Lipinski definition) is 4. The van der Waals surface area contributed by atoms with Crippen molar-refractivity contribution >= 4 is 0 Å². The Kier molecular flexibility index (Phi) is 6.49. The van der Waals surface area contributed by atoms with Gasteiger partial charge in [0.05, 0.1) is 7.11 Å². The Hall–Kier alpha value is -1.26. The van der Waals surface area contributed by atoms with Crippen molar-refractivity contribution in [3.63, 3.8) is 0 Å². The fraction of sp³-hybridized carbons (Fsp3) is 0.647. The van der Waals surface area contributed by atoms with E-state index in [0.29, 0.717) is 12.6 Å². The van der Waals surface area contributed by atoms with Crippen LogP contribution in [0.15, 0.2) is 18.2 Å². The quantitative estimate of drug-likeness (QED) is 0.812. The highest BCUT2D eigenvalue weighted by Crippen LogP contribution is 2.34. The van der Waals surface area contributed by atoms with Crippen molar-refractivity contribution in [2.45, 2.75) is 52.2 Å². The largest absolute Gasteiger partial charge is 0.496 e. The second kappa shape index (κ2) is 7.66. The van der Waals surface area contributed by atoms with Gasteiger partial charge in [-0.1, -0.05) is 34.6 Å². The summed E-state index contributed by atoms with van der Waals surface area (Å²) in [4.78, 5) is 0. The number of benzene rings is 1. The molecule has 0 radical (unpaired) electrons. The van der Waals surface area contributed by atoms with Gasteiger partial charge in [0.25, 0.3) is 0 Å². The zero-order valence-electron chi connectivity index (χ0n) is 14.1. The molecule has 0 aliphatic rings. The second-order valence-corrected chi connectivity index (χ2v) is 6.64. The summed E-state index contributed by atoms with van der Waals surface area (Å²) < 4.78 is 11.1. The molecular formula is C17H29NO3. The average Bonchev–Trinajstić information content (AvgIpc) is 2.41. The van der Waals surface area contributed by atoms with E-state index < -0.39 is 6.10 Å². The number of methoxy groups -OCH3 is 1. The zero-order chi connectivity index (χ0) is 16.0. The van der Waals surface area contributed by atoms with Crippen LogP contribution < -0.4 is 14.8 Å². The Balaban J connectivity index is 2.68. The fourth-order valence-electron chi connectivity index (χ4n) is 1.99. The van der Waals surface area contributed by atoms with Crippen molar-refractivity contribution in [1.29, 1.82) is 0 Å². The van der Waals surface area contributed by atoms with Gasteiger partial charge in [0.15, 0.2) is 0 Å². The molecule has 0 aromatic heterocycles. The topological polar surface area (TPSA) is 50.7 Å². The van der Waals surface area contributed by atoms with Crippen LogP contribution in [0.25, 0.3) is 0 Å². The molecule has 0 aliphatic heterocycles. The van der Waals surface area contributed by atoms with Crippen LogP contribution in [0.2, 0.25) is 0 Å². The molecule has 4 nitrogen and oxygen atoms in total. The minimum atomic E-state index is -0.521. The minimum absolute atomic E-state index is 0.0253. The van der Waals surface area contributed by atoms with Crippen molar-refractivity contribution in [2.24, 2.45) is 0 Å². The van der Waals surface area contributed by atoms with Crippen LogP contribution in [0.3, 0.4) is 0 Å². The first kappa shape index (κ1) is 17.8. The van der Waals surface area contributed by atoms with Gasteiger partial charge in [0, 0.05) is 18.2 Å². The van der Waals surface area contributed by atoms with Crippen molar-refractivity contribution in [1.82, 2.24) is 5.32 Å². The highest BCUT2D eigenvalue weighted by molar-refractivity contribution is 5.44. The molecule has 0 spiro atoms. The number of hydrogen-bond donors (Lipinski definition) is 2. The molecule has 1 aromatic rings. The summed E-state index contributed by atoms with van der Waals surface area (Å²) in [6.07, 6.45) is -0.521. The zero-order valence-corrected chi connectivity index (χ0v) is 14.1. The number of aliphatic hydroxyl groups is 1. The van der Waals surface area contributed by atoms with Gasteiger partial charge in [-0.25, -0.2) is 0 Å². The van der Waals surface area contributed by atoms with Gasteiger partial charge in [0.2, 0.25) is 0 Å². The normalized spacial score (nSPS) is 13.3. The molecule has 0 fully saturated rings. The SMILES string of the molecule is COc1ccc(OC[C@H](O)CNC(C)C)cc1C(C)(C)C. The maximum Gasteiger partial charge on any atom is 0.122 e. The predicted octanol–water partition coefficient (Wildman–Crippen LogP) is 2.73. The standard InChI is InChI=1S/C17H29NO3/c1-12(2)18-10-13(19)11-21-14-7-8-16(20-6)15(9-14)17(3,4)5/h7-9,12-13,18-19H,10-11H2,1-6H3/t13-/m1/s1. The van der Waals surface area contributed by atoms with Crippen LogP contribution in [0.4, 0.5) is 0 Å². The van der Waals surface area contributed by atoms with Crippen LogP contribution >= 0.6 is 0 Å². The maximum absolute atomic E-state index is 9.88. The van der Waals surface area contributed by atoms with Crippen molar-refractivity contribution in [3.8, 4) is 11.5 Å². The number of nitrogens with one attached hydrogen (secondary N) is 1. The van der Waals surface area contributed by atoms with E-state index in [2.05, 4.69) is 26.1 Å². The molecule has 2 N–H and O–H groups in total. The third-order valence-electron chi connectivity index (χ3n) is 3.18. The molecule has 1 rings (SSSR count). The first-order chi connectivity index (χ1) is 9.74. The predicted molar refractivity (Wildman–Crippen MR) is 86.3 cm³/mol. The molecule has 0 saturated carbocycles. The molecule has 1 atom stereocenters. The van der Waals surface area contributed by atoms with Crippen molar-refractivity contribution in [2.75, 3.05) is 20.3 Å². The first-order valence-corrected chi connectivity index (χ1v) is 7.46. The highest BCUT2D eigenvalue weighted by atomic mass is 16.5. The number of ether oxygens (including phenoxy) is 2. The molecular weight excluding hydrogens is 266 g/mol. The van der Waals surface area contributed by atoms with Gasteiger partial charge in [-0.3, -0.25) is 0 Å². The summed E-state index contributed by atoms with van der Waals surface area (Å²) in [5, 5.41) is 13.1.